The predicted molar refractivity (Wildman–Crippen MR) is 103 cm³/mol. The van der Waals surface area contributed by atoms with Crippen LogP contribution in [0.4, 0.5) is 28.7 Å². The summed E-state index contributed by atoms with van der Waals surface area (Å²) in [5.41, 5.74) is 1.94. The molecule has 0 unspecified atom stereocenters. The van der Waals surface area contributed by atoms with Gasteiger partial charge >= 0.3 is 5.69 Å². The molecular formula is C17H13Cl2N5O2. The molecule has 0 spiro atoms. The summed E-state index contributed by atoms with van der Waals surface area (Å²) in [6.45, 7) is 1.93. The minimum atomic E-state index is -0.544. The SMILES string of the molecule is Cc1cccc(Nc2ncnc(Nc3ccc(Cl)c(Cl)c3)c2[N+](=O)[O-])c1. The zero-order chi connectivity index (χ0) is 18.7. The predicted octanol–water partition coefficient (Wildman–Crippen LogP) is 5.49. The van der Waals surface area contributed by atoms with Crippen LogP contribution in [0.2, 0.25) is 10.0 Å². The maximum absolute atomic E-state index is 11.6. The molecule has 0 saturated carbocycles. The summed E-state index contributed by atoms with van der Waals surface area (Å²) in [4.78, 5) is 19.1. The molecule has 2 aromatic carbocycles. The van der Waals surface area contributed by atoms with Crippen molar-refractivity contribution in [1.82, 2.24) is 9.97 Å². The Morgan fingerprint density at radius 3 is 2.19 bits per heavy atom. The summed E-state index contributed by atoms with van der Waals surface area (Å²) < 4.78 is 0. The number of benzene rings is 2. The highest BCUT2D eigenvalue weighted by Gasteiger charge is 2.23. The highest BCUT2D eigenvalue weighted by Crippen LogP contribution is 2.34. The third-order valence-corrected chi connectivity index (χ3v) is 4.21. The number of rotatable bonds is 5. The lowest BCUT2D eigenvalue weighted by molar-refractivity contribution is -0.383. The van der Waals surface area contributed by atoms with Gasteiger partial charge in [-0.2, -0.15) is 0 Å². The quantitative estimate of drug-likeness (QED) is 0.442. The molecule has 26 heavy (non-hydrogen) atoms. The number of nitro groups is 1. The first-order valence-electron chi connectivity index (χ1n) is 7.49. The first kappa shape index (κ1) is 17.9. The summed E-state index contributed by atoms with van der Waals surface area (Å²) in [6.07, 6.45) is 1.24. The number of nitrogens with zero attached hydrogens (tertiary/aromatic N) is 3. The first-order valence-corrected chi connectivity index (χ1v) is 8.25. The maximum atomic E-state index is 11.6. The van der Waals surface area contributed by atoms with Gasteiger partial charge in [0.25, 0.3) is 0 Å². The number of aromatic nitrogens is 2. The largest absolute Gasteiger partial charge is 0.353 e. The van der Waals surface area contributed by atoms with E-state index in [2.05, 4.69) is 20.6 Å². The molecular weight excluding hydrogens is 377 g/mol. The number of halogens is 2. The van der Waals surface area contributed by atoms with E-state index in [9.17, 15) is 10.1 Å². The minimum Gasteiger partial charge on any atom is -0.334 e. The van der Waals surface area contributed by atoms with Crippen molar-refractivity contribution < 1.29 is 4.92 Å². The van der Waals surface area contributed by atoms with Crippen LogP contribution < -0.4 is 10.6 Å². The van der Waals surface area contributed by atoms with Crippen LogP contribution in [-0.2, 0) is 0 Å². The van der Waals surface area contributed by atoms with E-state index >= 15 is 0 Å². The fraction of sp³-hybridized carbons (Fsp3) is 0.0588. The smallest absolute Gasteiger partial charge is 0.334 e. The molecule has 0 aliphatic carbocycles. The maximum Gasteiger partial charge on any atom is 0.353 e. The summed E-state index contributed by atoms with van der Waals surface area (Å²) in [5, 5.41) is 18.2. The Bertz CT molecular complexity index is 981. The Morgan fingerprint density at radius 1 is 0.962 bits per heavy atom. The third kappa shape index (κ3) is 4.01. The summed E-state index contributed by atoms with van der Waals surface area (Å²) >= 11 is 11.9. The van der Waals surface area contributed by atoms with Crippen LogP contribution in [0.15, 0.2) is 48.8 Å². The Morgan fingerprint density at radius 2 is 1.62 bits per heavy atom. The molecule has 3 rings (SSSR count). The van der Waals surface area contributed by atoms with Crippen LogP contribution in [0, 0.1) is 17.0 Å². The molecule has 2 N–H and O–H groups in total. The monoisotopic (exact) mass is 389 g/mol. The molecule has 0 atom stereocenters. The molecule has 0 radical (unpaired) electrons. The van der Waals surface area contributed by atoms with E-state index in [1.165, 1.54) is 6.33 Å². The van der Waals surface area contributed by atoms with Crippen LogP contribution in [-0.4, -0.2) is 14.9 Å². The second-order valence-electron chi connectivity index (χ2n) is 5.42. The molecule has 1 heterocycles. The lowest BCUT2D eigenvalue weighted by atomic mass is 10.2. The van der Waals surface area contributed by atoms with E-state index in [0.29, 0.717) is 21.4 Å². The van der Waals surface area contributed by atoms with Crippen molar-refractivity contribution in [3.8, 4) is 0 Å². The fourth-order valence-electron chi connectivity index (χ4n) is 2.30. The van der Waals surface area contributed by atoms with Crippen molar-refractivity contribution in [1.29, 1.82) is 0 Å². The van der Waals surface area contributed by atoms with E-state index < -0.39 is 4.92 Å². The van der Waals surface area contributed by atoms with E-state index in [0.717, 1.165) is 5.56 Å². The third-order valence-electron chi connectivity index (χ3n) is 3.47. The molecule has 132 valence electrons. The Labute approximate surface area is 159 Å². The van der Waals surface area contributed by atoms with Gasteiger partial charge in [0.1, 0.15) is 6.33 Å². The van der Waals surface area contributed by atoms with Gasteiger partial charge in [-0.15, -0.1) is 0 Å². The van der Waals surface area contributed by atoms with Crippen LogP contribution in [0.1, 0.15) is 5.56 Å². The molecule has 9 heteroatoms. The van der Waals surface area contributed by atoms with Gasteiger partial charge in [0.2, 0.25) is 11.6 Å². The van der Waals surface area contributed by atoms with E-state index in [-0.39, 0.29) is 17.3 Å². The van der Waals surface area contributed by atoms with Crippen molar-refractivity contribution in [3.63, 3.8) is 0 Å². The number of aryl methyl sites for hydroxylation is 1. The summed E-state index contributed by atoms with van der Waals surface area (Å²) in [5.74, 6) is 0.122. The number of hydrogen-bond donors (Lipinski definition) is 2. The average molecular weight is 390 g/mol. The van der Waals surface area contributed by atoms with Crippen molar-refractivity contribution >= 4 is 51.9 Å². The van der Waals surface area contributed by atoms with Crippen molar-refractivity contribution in [2.24, 2.45) is 0 Å². The highest BCUT2D eigenvalue weighted by atomic mass is 35.5. The molecule has 0 saturated heterocycles. The van der Waals surface area contributed by atoms with E-state index in [1.54, 1.807) is 24.3 Å². The zero-order valence-corrected chi connectivity index (χ0v) is 15.0. The van der Waals surface area contributed by atoms with Gasteiger partial charge in [0.15, 0.2) is 0 Å². The van der Waals surface area contributed by atoms with E-state index in [1.807, 2.05) is 25.1 Å². The highest BCUT2D eigenvalue weighted by molar-refractivity contribution is 6.42. The van der Waals surface area contributed by atoms with Gasteiger partial charge in [0.05, 0.1) is 15.0 Å². The standard InChI is InChI=1S/C17H13Cl2N5O2/c1-10-3-2-4-11(7-10)22-16-15(24(25)26)17(21-9-20-16)23-12-5-6-13(18)14(19)8-12/h2-9H,1H3,(H2,20,21,22,23). The van der Waals surface area contributed by atoms with Crippen LogP contribution in [0.5, 0.6) is 0 Å². The number of hydrogen-bond acceptors (Lipinski definition) is 6. The number of anilines is 4. The topological polar surface area (TPSA) is 93.0 Å². The fourth-order valence-corrected chi connectivity index (χ4v) is 2.60. The van der Waals surface area contributed by atoms with Crippen LogP contribution in [0.25, 0.3) is 0 Å². The zero-order valence-electron chi connectivity index (χ0n) is 13.5. The molecule has 0 amide bonds. The molecule has 0 aliphatic heterocycles. The molecule has 0 fully saturated rings. The lowest BCUT2D eigenvalue weighted by Gasteiger charge is -2.11. The Kier molecular flexibility index (Phi) is 5.20. The first-order chi connectivity index (χ1) is 12.4. The summed E-state index contributed by atoms with van der Waals surface area (Å²) in [6, 6.07) is 12.2. The minimum absolute atomic E-state index is 0.0403. The second-order valence-corrected chi connectivity index (χ2v) is 6.24. The molecule has 0 bridgehead atoms. The summed E-state index contributed by atoms with van der Waals surface area (Å²) in [7, 11) is 0. The molecule has 7 nitrogen and oxygen atoms in total. The van der Waals surface area contributed by atoms with Crippen molar-refractivity contribution in [2.45, 2.75) is 6.92 Å². The normalized spacial score (nSPS) is 10.4. The average Bonchev–Trinajstić information content (AvgIpc) is 2.58. The van der Waals surface area contributed by atoms with Crippen molar-refractivity contribution in [2.75, 3.05) is 10.6 Å². The second kappa shape index (κ2) is 7.55. The number of nitrogens with one attached hydrogen (secondary N) is 2. The van der Waals surface area contributed by atoms with Crippen LogP contribution in [0.3, 0.4) is 0 Å². The van der Waals surface area contributed by atoms with Gasteiger partial charge < -0.3 is 10.6 Å². The Balaban J connectivity index is 1.98. The molecule has 1 aromatic heterocycles. The van der Waals surface area contributed by atoms with Crippen LogP contribution >= 0.6 is 23.2 Å². The molecule has 3 aromatic rings. The molecule has 0 aliphatic rings. The van der Waals surface area contributed by atoms with Gasteiger partial charge in [0, 0.05) is 11.4 Å². The van der Waals surface area contributed by atoms with Gasteiger partial charge in [-0.05, 0) is 42.8 Å². The lowest BCUT2D eigenvalue weighted by Crippen LogP contribution is -2.05. The van der Waals surface area contributed by atoms with Crippen molar-refractivity contribution in [3.05, 3.63) is 74.5 Å². The van der Waals surface area contributed by atoms with Gasteiger partial charge in [-0.1, -0.05) is 35.3 Å². The van der Waals surface area contributed by atoms with Gasteiger partial charge in [-0.3, -0.25) is 10.1 Å². The van der Waals surface area contributed by atoms with E-state index in [4.69, 9.17) is 23.2 Å². The van der Waals surface area contributed by atoms with Gasteiger partial charge in [-0.25, -0.2) is 9.97 Å². The Hall–Kier alpha value is -2.90.